The maximum absolute atomic E-state index is 8.75. The lowest BCUT2D eigenvalue weighted by atomic mass is 10.4. The summed E-state index contributed by atoms with van der Waals surface area (Å²) in [4.78, 5) is 0. The van der Waals surface area contributed by atoms with E-state index in [4.69, 9.17) is 13.9 Å². The van der Waals surface area contributed by atoms with E-state index in [1.54, 1.807) is 6.07 Å². The summed E-state index contributed by atoms with van der Waals surface area (Å²) in [6.07, 6.45) is 1.51. The average Bonchev–Trinajstić information content (AvgIpc) is 2.32. The van der Waals surface area contributed by atoms with E-state index in [0.717, 1.165) is 5.56 Å². The molecule has 0 aliphatic carbocycles. The maximum atomic E-state index is 8.75. The number of aliphatic hydroxyl groups excluding tert-OH is 1. The zero-order chi connectivity index (χ0) is 9.19. The Morgan fingerprint density at radius 3 is 2.58 bits per heavy atom. The summed E-state index contributed by atoms with van der Waals surface area (Å²) in [6.45, 7) is 6.23. The number of hydrogen-bond donors (Lipinski definition) is 1. The third kappa shape index (κ3) is 2.71. The fourth-order valence-corrected chi connectivity index (χ4v) is 1.50. The summed E-state index contributed by atoms with van der Waals surface area (Å²) in [5, 5.41) is 8.75. The molecule has 0 amide bonds. The van der Waals surface area contributed by atoms with E-state index in [1.165, 1.54) is 6.26 Å². The first kappa shape index (κ1) is 9.35. The molecule has 0 unspecified atom stereocenters. The van der Waals surface area contributed by atoms with Crippen LogP contribution in [0.4, 0.5) is 0 Å². The average molecular weight is 186 g/mol. The Morgan fingerprint density at radius 1 is 1.50 bits per heavy atom. The molecule has 1 heterocycles. The zero-order valence-electron chi connectivity index (χ0n) is 7.63. The van der Waals surface area contributed by atoms with Crippen LogP contribution in [0.3, 0.4) is 0 Å². The second-order valence-corrected chi connectivity index (χ2v) is 8.08. The Kier molecular flexibility index (Phi) is 2.59. The molecule has 1 N–H and O–H groups in total. The second-order valence-electron chi connectivity index (χ2n) is 3.65. The number of hydrogen-bond acceptors (Lipinski definition) is 3. The van der Waals surface area contributed by atoms with Gasteiger partial charge in [0.1, 0.15) is 6.26 Å². The molecule has 0 aromatic carbocycles. The monoisotopic (exact) mass is 186 g/mol. The van der Waals surface area contributed by atoms with Gasteiger partial charge in [0.05, 0.1) is 6.61 Å². The molecule has 4 heteroatoms. The molecule has 0 aliphatic heterocycles. The summed E-state index contributed by atoms with van der Waals surface area (Å²) >= 11 is 0. The van der Waals surface area contributed by atoms with Crippen molar-refractivity contribution in [3.8, 4) is 5.95 Å². The van der Waals surface area contributed by atoms with Gasteiger partial charge in [-0.15, -0.1) is 0 Å². The topological polar surface area (TPSA) is 42.6 Å². The van der Waals surface area contributed by atoms with Crippen LogP contribution >= 0.6 is 0 Å². The van der Waals surface area contributed by atoms with E-state index >= 15 is 0 Å². The molecule has 0 aliphatic rings. The Balaban J connectivity index is 2.64. The number of aliphatic hydroxyl groups is 1. The maximum Gasteiger partial charge on any atom is 0.270 e. The van der Waals surface area contributed by atoms with Crippen molar-refractivity contribution in [2.75, 3.05) is 0 Å². The molecular formula is C8H14O3Si. The highest BCUT2D eigenvalue weighted by Crippen LogP contribution is 2.19. The van der Waals surface area contributed by atoms with Crippen LogP contribution in [0, 0.1) is 0 Å². The first-order chi connectivity index (χ1) is 5.51. The Bertz CT molecular complexity index is 249. The smallest absolute Gasteiger partial charge is 0.270 e. The van der Waals surface area contributed by atoms with Gasteiger partial charge in [0.25, 0.3) is 5.95 Å². The van der Waals surface area contributed by atoms with Crippen molar-refractivity contribution in [2.24, 2.45) is 0 Å². The van der Waals surface area contributed by atoms with Gasteiger partial charge >= 0.3 is 0 Å². The van der Waals surface area contributed by atoms with Gasteiger partial charge in [-0.3, -0.25) is 0 Å². The van der Waals surface area contributed by atoms with Gasteiger partial charge in [-0.2, -0.15) is 0 Å². The Hall–Kier alpha value is -0.743. The molecule has 0 atom stereocenters. The van der Waals surface area contributed by atoms with Gasteiger partial charge in [-0.1, -0.05) is 0 Å². The van der Waals surface area contributed by atoms with Crippen LogP contribution in [-0.2, 0) is 6.61 Å². The van der Waals surface area contributed by atoms with E-state index in [1.807, 2.05) is 0 Å². The van der Waals surface area contributed by atoms with Crippen molar-refractivity contribution in [1.82, 2.24) is 0 Å². The number of furan rings is 1. The van der Waals surface area contributed by atoms with Crippen molar-refractivity contribution in [3.05, 3.63) is 17.9 Å². The second kappa shape index (κ2) is 3.33. The third-order valence-electron chi connectivity index (χ3n) is 1.22. The molecule has 0 radical (unpaired) electrons. The van der Waals surface area contributed by atoms with E-state index in [-0.39, 0.29) is 6.61 Å². The SMILES string of the molecule is C[Si](C)(C)Oc1cc(CO)co1. The largest absolute Gasteiger partial charge is 0.519 e. The van der Waals surface area contributed by atoms with E-state index in [9.17, 15) is 0 Å². The van der Waals surface area contributed by atoms with Crippen LogP contribution in [0.25, 0.3) is 0 Å². The fourth-order valence-electron chi connectivity index (χ4n) is 0.791. The molecule has 0 saturated carbocycles. The molecular weight excluding hydrogens is 172 g/mol. The lowest BCUT2D eigenvalue weighted by Crippen LogP contribution is -2.28. The van der Waals surface area contributed by atoms with Gasteiger partial charge in [0, 0.05) is 11.6 Å². The fraction of sp³-hybridized carbons (Fsp3) is 0.500. The van der Waals surface area contributed by atoms with E-state index < -0.39 is 8.32 Å². The van der Waals surface area contributed by atoms with Crippen molar-refractivity contribution in [1.29, 1.82) is 0 Å². The summed E-state index contributed by atoms with van der Waals surface area (Å²) in [6, 6.07) is 1.72. The molecule has 0 saturated heterocycles. The van der Waals surface area contributed by atoms with Crippen molar-refractivity contribution in [3.63, 3.8) is 0 Å². The minimum Gasteiger partial charge on any atom is -0.519 e. The Morgan fingerprint density at radius 2 is 2.17 bits per heavy atom. The predicted molar refractivity (Wildman–Crippen MR) is 48.6 cm³/mol. The van der Waals surface area contributed by atoms with Gasteiger partial charge < -0.3 is 13.9 Å². The normalized spacial score (nSPS) is 11.7. The lowest BCUT2D eigenvalue weighted by molar-refractivity contribution is 0.280. The van der Waals surface area contributed by atoms with Gasteiger partial charge in [0.2, 0.25) is 8.32 Å². The minimum absolute atomic E-state index is 0.00143. The summed E-state index contributed by atoms with van der Waals surface area (Å²) < 4.78 is 10.6. The first-order valence-electron chi connectivity index (χ1n) is 3.88. The van der Waals surface area contributed by atoms with Crippen LogP contribution in [0.5, 0.6) is 5.95 Å². The molecule has 0 fully saturated rings. The zero-order valence-corrected chi connectivity index (χ0v) is 8.63. The Labute approximate surface area is 73.1 Å². The highest BCUT2D eigenvalue weighted by Gasteiger charge is 2.18. The molecule has 3 nitrogen and oxygen atoms in total. The quantitative estimate of drug-likeness (QED) is 0.734. The van der Waals surface area contributed by atoms with Crippen LogP contribution < -0.4 is 4.43 Å². The lowest BCUT2D eigenvalue weighted by Gasteiger charge is -2.15. The highest BCUT2D eigenvalue weighted by atomic mass is 28.4. The molecule has 12 heavy (non-hydrogen) atoms. The van der Waals surface area contributed by atoms with Crippen LogP contribution in [0.15, 0.2) is 16.7 Å². The predicted octanol–water partition coefficient (Wildman–Crippen LogP) is 1.99. The third-order valence-corrected chi connectivity index (χ3v) is 2.03. The summed E-state index contributed by atoms with van der Waals surface area (Å²) in [5.74, 6) is 0.512. The van der Waals surface area contributed by atoms with Crippen LogP contribution in [-0.4, -0.2) is 13.4 Å². The molecule has 0 bridgehead atoms. The number of rotatable bonds is 3. The first-order valence-corrected chi connectivity index (χ1v) is 7.29. The summed E-state index contributed by atoms with van der Waals surface area (Å²) in [5.41, 5.74) is 0.753. The summed E-state index contributed by atoms with van der Waals surface area (Å²) in [7, 11) is -1.57. The standard InChI is InChI=1S/C8H14O3Si/c1-12(2,3)11-8-4-7(5-9)6-10-8/h4,6,9H,5H2,1-3H3. The van der Waals surface area contributed by atoms with Crippen molar-refractivity contribution in [2.45, 2.75) is 26.2 Å². The molecule has 1 rings (SSSR count). The molecule has 1 aromatic heterocycles. The molecule has 68 valence electrons. The van der Waals surface area contributed by atoms with Gasteiger partial charge in [-0.25, -0.2) is 0 Å². The van der Waals surface area contributed by atoms with Crippen molar-refractivity contribution < 1.29 is 13.9 Å². The van der Waals surface area contributed by atoms with Crippen molar-refractivity contribution >= 4 is 8.32 Å². The molecule has 0 spiro atoms. The van der Waals surface area contributed by atoms with E-state index in [0.29, 0.717) is 5.95 Å². The molecule has 1 aromatic rings. The van der Waals surface area contributed by atoms with Gasteiger partial charge in [-0.05, 0) is 19.6 Å². The minimum atomic E-state index is -1.57. The highest BCUT2D eigenvalue weighted by molar-refractivity contribution is 6.70. The van der Waals surface area contributed by atoms with E-state index in [2.05, 4.69) is 19.6 Å². The van der Waals surface area contributed by atoms with Crippen LogP contribution in [0.2, 0.25) is 19.6 Å². The van der Waals surface area contributed by atoms with Gasteiger partial charge in [0.15, 0.2) is 0 Å². The van der Waals surface area contributed by atoms with Crippen LogP contribution in [0.1, 0.15) is 5.56 Å².